The second-order valence-corrected chi connectivity index (χ2v) is 5.60. The van der Waals surface area contributed by atoms with Crippen LogP contribution >= 0.6 is 12.4 Å². The highest BCUT2D eigenvalue weighted by Gasteiger charge is 2.33. The summed E-state index contributed by atoms with van der Waals surface area (Å²) in [7, 11) is 0. The van der Waals surface area contributed by atoms with Gasteiger partial charge < -0.3 is 15.2 Å². The molecule has 2 N–H and O–H groups in total. The molecule has 3 rings (SSSR count). The monoisotopic (exact) mass is 321 g/mol. The van der Waals surface area contributed by atoms with Crippen LogP contribution in [0.4, 0.5) is 5.69 Å². The summed E-state index contributed by atoms with van der Waals surface area (Å²) < 4.78 is 5.35. The summed E-state index contributed by atoms with van der Waals surface area (Å²) in [5.41, 5.74) is 8.86. The molecule has 2 aromatic rings. The number of amides is 1. The second-order valence-electron chi connectivity index (χ2n) is 5.60. The topological polar surface area (TPSA) is 72.4 Å². The van der Waals surface area contributed by atoms with Crippen molar-refractivity contribution in [3.8, 4) is 0 Å². The summed E-state index contributed by atoms with van der Waals surface area (Å²) in [6.45, 7) is 4.55. The molecule has 0 spiro atoms. The van der Waals surface area contributed by atoms with Gasteiger partial charge in [0.15, 0.2) is 5.76 Å². The Morgan fingerprint density at radius 3 is 2.82 bits per heavy atom. The van der Waals surface area contributed by atoms with Gasteiger partial charge in [0.25, 0.3) is 5.91 Å². The molecule has 0 saturated carbocycles. The third-order valence-electron chi connectivity index (χ3n) is 3.98. The molecule has 1 atom stereocenters. The van der Waals surface area contributed by atoms with E-state index in [1.807, 2.05) is 36.9 Å². The van der Waals surface area contributed by atoms with E-state index in [1.54, 1.807) is 6.07 Å². The van der Waals surface area contributed by atoms with Gasteiger partial charge in [-0.15, -0.1) is 12.4 Å². The number of carbonyl (C=O) groups excluding carboxylic acids is 1. The van der Waals surface area contributed by atoms with Gasteiger partial charge in [0.05, 0.1) is 11.7 Å². The number of anilines is 1. The van der Waals surface area contributed by atoms with Crippen molar-refractivity contribution >= 4 is 24.0 Å². The Morgan fingerprint density at radius 1 is 1.36 bits per heavy atom. The largest absolute Gasteiger partial charge is 0.399 e. The Balaban J connectivity index is 0.00000176. The molecule has 2 heterocycles. The molecular weight excluding hydrogens is 302 g/mol. The van der Waals surface area contributed by atoms with Crippen molar-refractivity contribution in [1.29, 1.82) is 0 Å². The quantitative estimate of drug-likeness (QED) is 0.862. The average Bonchev–Trinajstić information content (AvgIpc) is 3.09. The second kappa shape index (κ2) is 6.40. The standard InChI is InChI=1S/C16H19N3O2.ClH/c1-10-5-6-12(17)9-13(10)16(20)19-7-3-4-14(19)15-8-11(2)18-21-15;/h5-6,8-9,14H,3-4,7,17H2,1-2H3;1H. The Bertz CT molecular complexity index is 684. The van der Waals surface area contributed by atoms with Gasteiger partial charge >= 0.3 is 0 Å². The SMILES string of the molecule is Cc1cc(C2CCCN2C(=O)c2cc(N)ccc2C)on1.Cl. The molecule has 1 aromatic carbocycles. The van der Waals surface area contributed by atoms with E-state index in [2.05, 4.69) is 5.16 Å². The number of aryl methyl sites for hydroxylation is 2. The van der Waals surface area contributed by atoms with Gasteiger partial charge in [0.2, 0.25) is 0 Å². The van der Waals surface area contributed by atoms with Crippen LogP contribution in [0, 0.1) is 13.8 Å². The molecular formula is C16H20ClN3O2. The predicted molar refractivity (Wildman–Crippen MR) is 87.1 cm³/mol. The Hall–Kier alpha value is -2.01. The highest BCUT2D eigenvalue weighted by molar-refractivity contribution is 5.96. The van der Waals surface area contributed by atoms with E-state index >= 15 is 0 Å². The molecule has 1 amide bonds. The summed E-state index contributed by atoms with van der Waals surface area (Å²) >= 11 is 0. The predicted octanol–water partition coefficient (Wildman–Crippen LogP) is 3.27. The molecule has 0 aliphatic carbocycles. The maximum atomic E-state index is 12.8. The smallest absolute Gasteiger partial charge is 0.254 e. The minimum Gasteiger partial charge on any atom is -0.399 e. The summed E-state index contributed by atoms with van der Waals surface area (Å²) in [4.78, 5) is 14.7. The van der Waals surface area contributed by atoms with Crippen LogP contribution in [0.5, 0.6) is 0 Å². The van der Waals surface area contributed by atoms with Crippen LogP contribution in [0.15, 0.2) is 28.8 Å². The molecule has 1 aliphatic rings. The maximum Gasteiger partial charge on any atom is 0.254 e. The molecule has 6 heteroatoms. The van der Waals surface area contributed by atoms with Gasteiger partial charge in [-0.25, -0.2) is 0 Å². The van der Waals surface area contributed by atoms with Gasteiger partial charge in [-0.1, -0.05) is 11.2 Å². The molecule has 22 heavy (non-hydrogen) atoms. The van der Waals surface area contributed by atoms with Crippen LogP contribution in [0.3, 0.4) is 0 Å². The van der Waals surface area contributed by atoms with Crippen LogP contribution in [-0.4, -0.2) is 22.5 Å². The van der Waals surface area contributed by atoms with E-state index < -0.39 is 0 Å². The lowest BCUT2D eigenvalue weighted by Gasteiger charge is -2.23. The van der Waals surface area contributed by atoms with Crippen molar-refractivity contribution in [1.82, 2.24) is 10.1 Å². The lowest BCUT2D eigenvalue weighted by atomic mass is 10.1. The molecule has 1 saturated heterocycles. The number of benzene rings is 1. The number of hydrogen-bond acceptors (Lipinski definition) is 4. The first-order valence-corrected chi connectivity index (χ1v) is 7.16. The molecule has 1 unspecified atom stereocenters. The average molecular weight is 322 g/mol. The highest BCUT2D eigenvalue weighted by atomic mass is 35.5. The van der Waals surface area contributed by atoms with E-state index in [0.717, 1.165) is 36.4 Å². The summed E-state index contributed by atoms with van der Waals surface area (Å²) in [6, 6.07) is 7.32. The van der Waals surface area contributed by atoms with Gasteiger partial charge in [0.1, 0.15) is 0 Å². The van der Waals surface area contributed by atoms with Gasteiger partial charge in [-0.3, -0.25) is 4.79 Å². The number of hydrogen-bond donors (Lipinski definition) is 1. The first-order valence-electron chi connectivity index (χ1n) is 7.16. The third kappa shape index (κ3) is 2.95. The lowest BCUT2D eigenvalue weighted by molar-refractivity contribution is 0.0714. The Kier molecular flexibility index (Phi) is 4.76. The molecule has 118 valence electrons. The first kappa shape index (κ1) is 16.4. The van der Waals surface area contributed by atoms with E-state index in [9.17, 15) is 4.79 Å². The summed E-state index contributed by atoms with van der Waals surface area (Å²) in [6.07, 6.45) is 1.87. The third-order valence-corrected chi connectivity index (χ3v) is 3.98. The van der Waals surface area contributed by atoms with E-state index in [-0.39, 0.29) is 24.4 Å². The number of nitrogens with zero attached hydrogens (tertiary/aromatic N) is 2. The molecule has 0 bridgehead atoms. The van der Waals surface area contributed by atoms with Crippen molar-refractivity contribution in [3.05, 3.63) is 46.8 Å². The molecule has 0 radical (unpaired) electrons. The zero-order valence-electron chi connectivity index (χ0n) is 12.7. The highest BCUT2D eigenvalue weighted by Crippen LogP contribution is 2.34. The van der Waals surface area contributed by atoms with Crippen LogP contribution in [-0.2, 0) is 0 Å². The number of nitrogens with two attached hydrogens (primary N) is 1. The van der Waals surface area contributed by atoms with Gasteiger partial charge in [-0.05, 0) is 44.4 Å². The summed E-state index contributed by atoms with van der Waals surface area (Å²) in [5, 5.41) is 3.93. The van der Waals surface area contributed by atoms with E-state index in [0.29, 0.717) is 11.3 Å². The van der Waals surface area contributed by atoms with Gasteiger partial charge in [0, 0.05) is 23.9 Å². The Morgan fingerprint density at radius 2 is 2.14 bits per heavy atom. The van der Waals surface area contributed by atoms with Crippen molar-refractivity contribution in [2.45, 2.75) is 32.7 Å². The first-order chi connectivity index (χ1) is 10.1. The zero-order valence-corrected chi connectivity index (χ0v) is 13.5. The fraction of sp³-hybridized carbons (Fsp3) is 0.375. The fourth-order valence-electron chi connectivity index (χ4n) is 2.87. The van der Waals surface area contributed by atoms with Crippen LogP contribution in [0.1, 0.15) is 46.3 Å². The normalized spacial score (nSPS) is 17.4. The molecule has 1 aliphatic heterocycles. The minimum absolute atomic E-state index is 0. The lowest BCUT2D eigenvalue weighted by Crippen LogP contribution is -2.31. The number of rotatable bonds is 2. The van der Waals surface area contributed by atoms with E-state index in [1.165, 1.54) is 0 Å². The van der Waals surface area contributed by atoms with Crippen LogP contribution < -0.4 is 5.73 Å². The number of carbonyl (C=O) groups is 1. The van der Waals surface area contributed by atoms with Crippen molar-refractivity contribution in [3.63, 3.8) is 0 Å². The van der Waals surface area contributed by atoms with E-state index in [4.69, 9.17) is 10.3 Å². The van der Waals surface area contributed by atoms with Crippen LogP contribution in [0.2, 0.25) is 0 Å². The Labute approximate surface area is 135 Å². The number of aromatic nitrogens is 1. The molecule has 5 nitrogen and oxygen atoms in total. The maximum absolute atomic E-state index is 12.8. The van der Waals surface area contributed by atoms with Crippen molar-refractivity contribution in [2.24, 2.45) is 0 Å². The molecule has 1 aromatic heterocycles. The zero-order chi connectivity index (χ0) is 15.0. The summed E-state index contributed by atoms with van der Waals surface area (Å²) in [5.74, 6) is 0.774. The number of nitrogen functional groups attached to an aromatic ring is 1. The van der Waals surface area contributed by atoms with Crippen molar-refractivity contribution < 1.29 is 9.32 Å². The number of halogens is 1. The molecule has 1 fully saturated rings. The van der Waals surface area contributed by atoms with Crippen molar-refractivity contribution in [2.75, 3.05) is 12.3 Å². The minimum atomic E-state index is -0.0282. The van der Waals surface area contributed by atoms with Gasteiger partial charge in [-0.2, -0.15) is 0 Å². The fourth-order valence-corrected chi connectivity index (χ4v) is 2.87. The number of likely N-dealkylation sites (tertiary alicyclic amines) is 1. The van der Waals surface area contributed by atoms with Crippen LogP contribution in [0.25, 0.3) is 0 Å².